The van der Waals surface area contributed by atoms with Gasteiger partial charge in [-0.25, -0.2) is 0 Å². The van der Waals surface area contributed by atoms with E-state index in [9.17, 15) is 0 Å². The molecule has 1 N–H and O–H groups in total. The zero-order chi connectivity index (χ0) is 13.0. The molecule has 0 aliphatic heterocycles. The van der Waals surface area contributed by atoms with Crippen molar-refractivity contribution in [1.82, 2.24) is 5.32 Å². The van der Waals surface area contributed by atoms with Gasteiger partial charge in [-0.15, -0.1) is 0 Å². The maximum absolute atomic E-state index is 5.60. The third kappa shape index (κ3) is 3.26. The fourth-order valence-corrected chi connectivity index (χ4v) is 2.69. The average Bonchev–Trinajstić information content (AvgIpc) is 3.20. The number of nitrogens with one attached hydrogen (secondary N) is 1. The summed E-state index contributed by atoms with van der Waals surface area (Å²) in [6.07, 6.45) is 2.79. The van der Waals surface area contributed by atoms with Crippen molar-refractivity contribution in [2.75, 3.05) is 13.2 Å². The molecule has 1 aliphatic carbocycles. The van der Waals surface area contributed by atoms with Crippen molar-refractivity contribution in [3.63, 3.8) is 0 Å². The third-order valence-electron chi connectivity index (χ3n) is 3.84. The Bertz CT molecular complexity index is 373. The SMILES string of the molecule is CCNC(c1cccc(OCC)c1)C(C)C1CC1. The van der Waals surface area contributed by atoms with E-state index in [0.717, 1.165) is 24.8 Å². The summed E-state index contributed by atoms with van der Waals surface area (Å²) >= 11 is 0. The molecule has 0 heterocycles. The molecule has 1 aromatic rings. The van der Waals surface area contributed by atoms with Gasteiger partial charge in [0.05, 0.1) is 6.61 Å². The van der Waals surface area contributed by atoms with Gasteiger partial charge in [0.1, 0.15) is 5.75 Å². The Labute approximate surface area is 111 Å². The number of rotatable bonds is 7. The molecule has 0 amide bonds. The molecule has 1 aliphatic rings. The van der Waals surface area contributed by atoms with E-state index in [1.807, 2.05) is 13.0 Å². The molecule has 0 saturated heterocycles. The summed E-state index contributed by atoms with van der Waals surface area (Å²) in [5.41, 5.74) is 1.36. The van der Waals surface area contributed by atoms with Gasteiger partial charge in [0.15, 0.2) is 0 Å². The van der Waals surface area contributed by atoms with Crippen molar-refractivity contribution in [3.05, 3.63) is 29.8 Å². The van der Waals surface area contributed by atoms with Crippen LogP contribution in [0.15, 0.2) is 24.3 Å². The highest BCUT2D eigenvalue weighted by atomic mass is 16.5. The first-order valence-electron chi connectivity index (χ1n) is 7.22. The Kier molecular flexibility index (Phi) is 4.65. The molecule has 1 fully saturated rings. The van der Waals surface area contributed by atoms with E-state index in [4.69, 9.17) is 4.74 Å². The summed E-state index contributed by atoms with van der Waals surface area (Å²) < 4.78 is 5.60. The lowest BCUT2D eigenvalue weighted by molar-refractivity contribution is 0.333. The molecule has 0 spiro atoms. The highest BCUT2D eigenvalue weighted by Crippen LogP contribution is 2.42. The summed E-state index contributed by atoms with van der Waals surface area (Å²) in [5.74, 6) is 2.60. The molecule has 2 atom stereocenters. The lowest BCUT2D eigenvalue weighted by Gasteiger charge is -2.25. The zero-order valence-corrected chi connectivity index (χ0v) is 11.8. The molecule has 0 aromatic heterocycles. The van der Waals surface area contributed by atoms with Crippen LogP contribution in [-0.2, 0) is 0 Å². The molecule has 0 radical (unpaired) electrons. The van der Waals surface area contributed by atoms with E-state index in [1.165, 1.54) is 18.4 Å². The molecule has 18 heavy (non-hydrogen) atoms. The fourth-order valence-electron chi connectivity index (χ4n) is 2.69. The number of benzene rings is 1. The van der Waals surface area contributed by atoms with Gasteiger partial charge in [-0.05, 0) is 55.8 Å². The van der Waals surface area contributed by atoms with Gasteiger partial charge in [-0.3, -0.25) is 0 Å². The Hall–Kier alpha value is -1.02. The molecular formula is C16H25NO. The van der Waals surface area contributed by atoms with Gasteiger partial charge in [0.2, 0.25) is 0 Å². The second-order valence-corrected chi connectivity index (χ2v) is 5.24. The largest absolute Gasteiger partial charge is 0.494 e. The molecule has 1 aromatic carbocycles. The van der Waals surface area contributed by atoms with Crippen LogP contribution in [0.5, 0.6) is 5.75 Å². The first-order valence-corrected chi connectivity index (χ1v) is 7.22. The minimum absolute atomic E-state index is 0.461. The van der Waals surface area contributed by atoms with Crippen LogP contribution in [0.2, 0.25) is 0 Å². The zero-order valence-electron chi connectivity index (χ0n) is 11.8. The second-order valence-electron chi connectivity index (χ2n) is 5.24. The monoisotopic (exact) mass is 247 g/mol. The van der Waals surface area contributed by atoms with Crippen LogP contribution in [0.25, 0.3) is 0 Å². The third-order valence-corrected chi connectivity index (χ3v) is 3.84. The van der Waals surface area contributed by atoms with E-state index in [0.29, 0.717) is 12.0 Å². The summed E-state index contributed by atoms with van der Waals surface area (Å²) in [6.45, 7) is 8.33. The summed E-state index contributed by atoms with van der Waals surface area (Å²) in [4.78, 5) is 0. The number of hydrogen-bond acceptors (Lipinski definition) is 2. The minimum Gasteiger partial charge on any atom is -0.494 e. The van der Waals surface area contributed by atoms with Gasteiger partial charge in [0.25, 0.3) is 0 Å². The van der Waals surface area contributed by atoms with E-state index < -0.39 is 0 Å². The van der Waals surface area contributed by atoms with Crippen LogP contribution in [0.3, 0.4) is 0 Å². The highest BCUT2D eigenvalue weighted by Gasteiger charge is 2.33. The lowest BCUT2D eigenvalue weighted by atomic mass is 9.90. The van der Waals surface area contributed by atoms with Crippen LogP contribution in [0, 0.1) is 11.8 Å². The van der Waals surface area contributed by atoms with Crippen LogP contribution in [-0.4, -0.2) is 13.2 Å². The van der Waals surface area contributed by atoms with Crippen molar-refractivity contribution in [3.8, 4) is 5.75 Å². The molecular weight excluding hydrogens is 222 g/mol. The van der Waals surface area contributed by atoms with E-state index >= 15 is 0 Å². The Morgan fingerprint density at radius 3 is 2.72 bits per heavy atom. The Morgan fingerprint density at radius 1 is 1.33 bits per heavy atom. The summed E-state index contributed by atoms with van der Waals surface area (Å²) in [7, 11) is 0. The topological polar surface area (TPSA) is 21.3 Å². The van der Waals surface area contributed by atoms with Crippen molar-refractivity contribution >= 4 is 0 Å². The summed E-state index contributed by atoms with van der Waals surface area (Å²) in [5, 5.41) is 3.63. The first-order chi connectivity index (χ1) is 8.76. The van der Waals surface area contributed by atoms with Gasteiger partial charge in [-0.2, -0.15) is 0 Å². The average molecular weight is 247 g/mol. The van der Waals surface area contributed by atoms with Crippen LogP contribution in [0.1, 0.15) is 45.2 Å². The van der Waals surface area contributed by atoms with Gasteiger partial charge >= 0.3 is 0 Å². The highest BCUT2D eigenvalue weighted by molar-refractivity contribution is 5.31. The maximum atomic E-state index is 5.60. The predicted octanol–water partition coefficient (Wildman–Crippen LogP) is 3.78. The van der Waals surface area contributed by atoms with Gasteiger partial charge in [0, 0.05) is 6.04 Å². The molecule has 100 valence electrons. The van der Waals surface area contributed by atoms with Crippen LogP contribution < -0.4 is 10.1 Å². The standard InChI is InChI=1S/C16H25NO/c1-4-17-16(12(3)13-9-10-13)14-7-6-8-15(11-14)18-5-2/h6-8,11-13,16-17H,4-5,9-10H2,1-3H3. The van der Waals surface area contributed by atoms with Crippen molar-refractivity contribution in [2.24, 2.45) is 11.8 Å². The molecule has 1 saturated carbocycles. The van der Waals surface area contributed by atoms with Gasteiger partial charge < -0.3 is 10.1 Å². The minimum atomic E-state index is 0.461. The van der Waals surface area contributed by atoms with Gasteiger partial charge in [-0.1, -0.05) is 26.0 Å². The van der Waals surface area contributed by atoms with E-state index in [1.54, 1.807) is 0 Å². The van der Waals surface area contributed by atoms with Crippen molar-refractivity contribution in [1.29, 1.82) is 0 Å². The predicted molar refractivity (Wildman–Crippen MR) is 75.9 cm³/mol. The van der Waals surface area contributed by atoms with E-state index in [-0.39, 0.29) is 0 Å². The van der Waals surface area contributed by atoms with Crippen molar-refractivity contribution in [2.45, 2.75) is 39.7 Å². The Balaban J connectivity index is 2.15. The molecule has 2 nitrogen and oxygen atoms in total. The van der Waals surface area contributed by atoms with Crippen LogP contribution in [0.4, 0.5) is 0 Å². The summed E-state index contributed by atoms with van der Waals surface area (Å²) in [6, 6.07) is 9.01. The van der Waals surface area contributed by atoms with Crippen molar-refractivity contribution < 1.29 is 4.74 Å². The lowest BCUT2D eigenvalue weighted by Crippen LogP contribution is -2.27. The Morgan fingerprint density at radius 2 is 2.11 bits per heavy atom. The smallest absolute Gasteiger partial charge is 0.119 e. The van der Waals surface area contributed by atoms with E-state index in [2.05, 4.69) is 37.4 Å². The first kappa shape index (κ1) is 13.4. The fraction of sp³-hybridized carbons (Fsp3) is 0.625. The number of hydrogen-bond donors (Lipinski definition) is 1. The maximum Gasteiger partial charge on any atom is 0.119 e. The molecule has 2 heteroatoms. The molecule has 2 rings (SSSR count). The molecule has 0 bridgehead atoms. The quantitative estimate of drug-likeness (QED) is 0.791. The normalized spacial score (nSPS) is 18.4. The molecule has 2 unspecified atom stereocenters. The number of ether oxygens (including phenoxy) is 1. The second kappa shape index (κ2) is 6.24. The van der Waals surface area contributed by atoms with Crippen LogP contribution >= 0.6 is 0 Å².